The highest BCUT2D eigenvalue weighted by molar-refractivity contribution is 7.98. The van der Waals surface area contributed by atoms with Gasteiger partial charge in [0.25, 0.3) is 0 Å². The van der Waals surface area contributed by atoms with E-state index < -0.39 is 35.5 Å². The average Bonchev–Trinajstić information content (AvgIpc) is 3.17. The number of hydrogen-bond acceptors (Lipinski definition) is 7. The minimum atomic E-state index is -0.839. The Morgan fingerprint density at radius 1 is 1.27 bits per heavy atom. The van der Waals surface area contributed by atoms with Crippen molar-refractivity contribution in [3.05, 3.63) is 53.0 Å². The summed E-state index contributed by atoms with van der Waals surface area (Å²) < 4.78 is 39.9. The molecule has 1 aromatic carbocycles. The van der Waals surface area contributed by atoms with Crippen LogP contribution in [-0.2, 0) is 22.6 Å². The molecule has 2 aromatic rings. The summed E-state index contributed by atoms with van der Waals surface area (Å²) in [4.78, 5) is 23.9. The molecule has 178 valence electrons. The van der Waals surface area contributed by atoms with Crippen LogP contribution in [0.15, 0.2) is 29.4 Å². The number of rotatable bonds is 4. The van der Waals surface area contributed by atoms with E-state index >= 15 is 0 Å². The van der Waals surface area contributed by atoms with E-state index in [-0.39, 0.29) is 11.6 Å². The number of carbonyl (C=O) groups is 1. The first-order valence-corrected chi connectivity index (χ1v) is 12.0. The Kier molecular flexibility index (Phi) is 6.88. The van der Waals surface area contributed by atoms with Gasteiger partial charge in [-0.25, -0.2) is 18.6 Å². The van der Waals surface area contributed by atoms with Crippen LogP contribution in [0.25, 0.3) is 0 Å². The van der Waals surface area contributed by atoms with Gasteiger partial charge >= 0.3 is 6.09 Å². The van der Waals surface area contributed by atoms with Crippen molar-refractivity contribution >= 4 is 17.9 Å². The molecule has 7 nitrogen and oxygen atoms in total. The van der Waals surface area contributed by atoms with Gasteiger partial charge < -0.3 is 14.8 Å². The lowest BCUT2D eigenvalue weighted by atomic mass is 9.92. The Labute approximate surface area is 196 Å². The number of alkyl carbamates (subject to hydrolysis) is 1. The molecule has 10 heteroatoms. The number of nitrogens with one attached hydrogen (secondary N) is 1. The van der Waals surface area contributed by atoms with Crippen LogP contribution in [0, 0.1) is 11.6 Å². The van der Waals surface area contributed by atoms with Crippen LogP contribution in [0.3, 0.4) is 0 Å². The van der Waals surface area contributed by atoms with Gasteiger partial charge in [-0.05, 0) is 51.6 Å². The molecule has 0 aliphatic carbocycles. The van der Waals surface area contributed by atoms with Gasteiger partial charge in [0, 0.05) is 24.7 Å². The monoisotopic (exact) mass is 478 g/mol. The zero-order valence-electron chi connectivity index (χ0n) is 19.1. The summed E-state index contributed by atoms with van der Waals surface area (Å²) in [5.74, 6) is -1.15. The normalized spacial score (nSPS) is 23.3. The van der Waals surface area contributed by atoms with Gasteiger partial charge in [-0.1, -0.05) is 0 Å². The minimum absolute atomic E-state index is 0.0634. The molecule has 0 radical (unpaired) electrons. The van der Waals surface area contributed by atoms with E-state index in [9.17, 15) is 13.6 Å². The van der Waals surface area contributed by atoms with E-state index in [2.05, 4.69) is 20.2 Å². The molecule has 2 unspecified atom stereocenters. The number of amides is 1. The Hall–Kier alpha value is -2.30. The van der Waals surface area contributed by atoms with Crippen molar-refractivity contribution in [3.8, 4) is 0 Å². The highest BCUT2D eigenvalue weighted by Gasteiger charge is 2.40. The number of thioether (sulfide) groups is 1. The SMILES string of the molecule is CSc1cnc2c(n1)CN(C1CO[C@H](c3cc(F)ccc3F)C(NC(=O)OC(C)(C)C)C1)C2. The highest BCUT2D eigenvalue weighted by Crippen LogP contribution is 2.35. The summed E-state index contributed by atoms with van der Waals surface area (Å²) in [7, 11) is 0. The summed E-state index contributed by atoms with van der Waals surface area (Å²) in [5.41, 5.74) is 1.23. The summed E-state index contributed by atoms with van der Waals surface area (Å²) in [6, 6.07) is 2.58. The molecule has 0 saturated carbocycles. The van der Waals surface area contributed by atoms with Crippen LogP contribution in [0.1, 0.15) is 50.2 Å². The Balaban J connectivity index is 1.54. The smallest absolute Gasteiger partial charge is 0.407 e. The van der Waals surface area contributed by atoms with Crippen molar-refractivity contribution in [2.75, 3.05) is 12.9 Å². The Bertz CT molecular complexity index is 1030. The summed E-state index contributed by atoms with van der Waals surface area (Å²) in [6.07, 6.45) is 2.73. The maximum Gasteiger partial charge on any atom is 0.407 e. The van der Waals surface area contributed by atoms with E-state index in [4.69, 9.17) is 9.47 Å². The number of aromatic nitrogens is 2. The fraction of sp³-hybridized carbons (Fsp3) is 0.522. The molecule has 0 bridgehead atoms. The van der Waals surface area contributed by atoms with E-state index in [0.717, 1.165) is 34.6 Å². The van der Waals surface area contributed by atoms with E-state index in [1.807, 2.05) is 6.26 Å². The predicted octanol–water partition coefficient (Wildman–Crippen LogP) is 4.22. The van der Waals surface area contributed by atoms with E-state index in [0.29, 0.717) is 26.1 Å². The van der Waals surface area contributed by atoms with Gasteiger partial charge in [0.05, 0.1) is 30.2 Å². The second-order valence-corrected chi connectivity index (χ2v) is 10.1. The van der Waals surface area contributed by atoms with Crippen LogP contribution in [-0.4, -0.2) is 51.5 Å². The molecule has 2 aliphatic rings. The maximum absolute atomic E-state index is 14.6. The lowest BCUT2D eigenvalue weighted by molar-refractivity contribution is -0.0629. The molecule has 1 aromatic heterocycles. The maximum atomic E-state index is 14.6. The van der Waals surface area contributed by atoms with Gasteiger partial charge in [-0.15, -0.1) is 11.8 Å². The molecule has 1 fully saturated rings. The molecule has 2 aliphatic heterocycles. The first-order chi connectivity index (χ1) is 15.6. The van der Waals surface area contributed by atoms with Crippen molar-refractivity contribution in [2.45, 2.75) is 69.1 Å². The van der Waals surface area contributed by atoms with Crippen molar-refractivity contribution in [1.29, 1.82) is 0 Å². The number of benzene rings is 1. The molecule has 1 amide bonds. The van der Waals surface area contributed by atoms with Gasteiger partial charge in [0.15, 0.2) is 0 Å². The number of nitrogens with zero attached hydrogens (tertiary/aromatic N) is 3. The van der Waals surface area contributed by atoms with Crippen LogP contribution < -0.4 is 5.32 Å². The van der Waals surface area contributed by atoms with Gasteiger partial charge in [-0.2, -0.15) is 0 Å². The summed E-state index contributed by atoms with van der Waals surface area (Å²) in [6.45, 7) is 6.82. The Morgan fingerprint density at radius 2 is 2.03 bits per heavy atom. The third kappa shape index (κ3) is 5.62. The molecule has 3 heterocycles. The number of fused-ring (bicyclic) bond motifs is 1. The topological polar surface area (TPSA) is 76.6 Å². The lowest BCUT2D eigenvalue weighted by Gasteiger charge is -2.40. The summed E-state index contributed by atoms with van der Waals surface area (Å²) in [5, 5.41) is 3.69. The lowest BCUT2D eigenvalue weighted by Crippen LogP contribution is -2.52. The second-order valence-electron chi connectivity index (χ2n) is 9.27. The average molecular weight is 479 g/mol. The molecule has 3 atom stereocenters. The third-order valence-electron chi connectivity index (χ3n) is 5.67. The van der Waals surface area contributed by atoms with Crippen molar-refractivity contribution in [1.82, 2.24) is 20.2 Å². The number of halogens is 2. The molecule has 1 saturated heterocycles. The highest BCUT2D eigenvalue weighted by atomic mass is 32.2. The summed E-state index contributed by atoms with van der Waals surface area (Å²) >= 11 is 1.54. The van der Waals surface area contributed by atoms with Crippen LogP contribution >= 0.6 is 11.8 Å². The molecule has 1 N–H and O–H groups in total. The number of carbonyl (C=O) groups excluding carboxylic acids is 1. The first-order valence-electron chi connectivity index (χ1n) is 10.8. The quantitative estimate of drug-likeness (QED) is 0.660. The van der Waals surface area contributed by atoms with Crippen LogP contribution in [0.2, 0.25) is 0 Å². The number of ether oxygens (including phenoxy) is 2. The van der Waals surface area contributed by atoms with Gasteiger partial charge in [0.2, 0.25) is 0 Å². The minimum Gasteiger partial charge on any atom is -0.444 e. The van der Waals surface area contributed by atoms with Crippen molar-refractivity contribution < 1.29 is 23.0 Å². The Morgan fingerprint density at radius 3 is 2.76 bits per heavy atom. The third-order valence-corrected chi connectivity index (χ3v) is 6.28. The molecular formula is C23H28F2N4O3S. The number of hydrogen-bond donors (Lipinski definition) is 1. The molecule has 33 heavy (non-hydrogen) atoms. The fourth-order valence-corrected chi connectivity index (χ4v) is 4.55. The molecule has 0 spiro atoms. The first kappa shape index (κ1) is 23.8. The van der Waals surface area contributed by atoms with Gasteiger partial charge in [-0.3, -0.25) is 9.88 Å². The fourth-order valence-electron chi connectivity index (χ4n) is 4.19. The molecule has 4 rings (SSSR count). The van der Waals surface area contributed by atoms with Crippen molar-refractivity contribution in [3.63, 3.8) is 0 Å². The van der Waals surface area contributed by atoms with Crippen LogP contribution in [0.5, 0.6) is 0 Å². The van der Waals surface area contributed by atoms with Gasteiger partial charge in [0.1, 0.15) is 28.4 Å². The van der Waals surface area contributed by atoms with E-state index in [1.54, 1.807) is 27.0 Å². The van der Waals surface area contributed by atoms with Crippen LogP contribution in [0.4, 0.5) is 13.6 Å². The largest absolute Gasteiger partial charge is 0.444 e. The van der Waals surface area contributed by atoms with E-state index in [1.165, 1.54) is 11.8 Å². The second kappa shape index (κ2) is 9.52. The zero-order valence-corrected chi connectivity index (χ0v) is 19.9. The predicted molar refractivity (Wildman–Crippen MR) is 120 cm³/mol. The molecular weight excluding hydrogens is 450 g/mol. The standard InChI is InChI=1S/C23H28F2N4O3S/c1-23(2,3)32-22(30)28-17-8-14(12-31-21(17)15-7-13(24)5-6-16(15)25)29-10-18-19(11-29)27-20(33-4)9-26-18/h5-7,9,14,17,21H,8,10-12H2,1-4H3,(H,28,30)/t14?,17?,21-/m1/s1. The van der Waals surface area contributed by atoms with Crippen molar-refractivity contribution in [2.24, 2.45) is 0 Å². The zero-order chi connectivity index (χ0) is 23.8.